The minimum atomic E-state index is -2.96. The second-order valence-corrected chi connectivity index (χ2v) is 5.70. The van der Waals surface area contributed by atoms with Crippen molar-refractivity contribution >= 4 is 9.84 Å². The van der Waals surface area contributed by atoms with Gasteiger partial charge in [-0.1, -0.05) is 6.92 Å². The molecule has 0 saturated carbocycles. The van der Waals surface area contributed by atoms with Crippen LogP contribution in [-0.4, -0.2) is 40.2 Å². The Morgan fingerprint density at radius 2 is 2.00 bits per heavy atom. The first kappa shape index (κ1) is 12.9. The van der Waals surface area contributed by atoms with Gasteiger partial charge in [-0.15, -0.1) is 0 Å². The lowest BCUT2D eigenvalue weighted by molar-refractivity contribution is 0.176. The van der Waals surface area contributed by atoms with Crippen LogP contribution < -0.4 is 5.73 Å². The summed E-state index contributed by atoms with van der Waals surface area (Å²) in [5, 5.41) is 0. The molecule has 0 aliphatic heterocycles. The summed E-state index contributed by atoms with van der Waals surface area (Å²) in [6, 6.07) is -0.287. The minimum absolute atomic E-state index is 0.0535. The molecular formula is C8H19NO3S. The monoisotopic (exact) mass is 209 g/mol. The maximum absolute atomic E-state index is 10.9. The molecule has 2 unspecified atom stereocenters. The molecule has 2 atom stereocenters. The largest absolute Gasteiger partial charge is 0.385 e. The van der Waals surface area contributed by atoms with E-state index in [1.54, 1.807) is 7.11 Å². The molecule has 0 fully saturated rings. The predicted octanol–water partition coefficient (Wildman–Crippen LogP) is 0.0309. The summed E-state index contributed by atoms with van der Waals surface area (Å²) in [4.78, 5) is 0. The molecule has 0 aliphatic carbocycles. The van der Waals surface area contributed by atoms with Crippen molar-refractivity contribution in [2.24, 2.45) is 11.7 Å². The molecule has 0 aromatic rings. The molecule has 2 N–H and O–H groups in total. The van der Waals surface area contributed by atoms with E-state index in [-0.39, 0.29) is 17.7 Å². The molecule has 0 amide bonds. The third kappa shape index (κ3) is 6.98. The van der Waals surface area contributed by atoms with Gasteiger partial charge in [-0.2, -0.15) is 0 Å². The van der Waals surface area contributed by atoms with Crippen LogP contribution in [0.15, 0.2) is 0 Å². The highest BCUT2D eigenvalue weighted by Gasteiger charge is 2.17. The highest BCUT2D eigenvalue weighted by atomic mass is 32.2. The molecule has 0 rings (SSSR count). The van der Waals surface area contributed by atoms with Crippen LogP contribution in [0, 0.1) is 5.92 Å². The lowest BCUT2D eigenvalue weighted by Crippen LogP contribution is -2.35. The summed E-state index contributed by atoms with van der Waals surface area (Å²) in [5.41, 5.74) is 5.71. The SMILES string of the molecule is COCCC(C)C(N)CS(C)(=O)=O. The van der Waals surface area contributed by atoms with E-state index >= 15 is 0 Å². The molecule has 0 aromatic heterocycles. The number of ether oxygens (including phenoxy) is 1. The molecular weight excluding hydrogens is 190 g/mol. The average molecular weight is 209 g/mol. The fraction of sp³-hybridized carbons (Fsp3) is 1.00. The van der Waals surface area contributed by atoms with Crippen molar-refractivity contribution in [2.75, 3.05) is 25.7 Å². The number of hydrogen-bond acceptors (Lipinski definition) is 4. The van der Waals surface area contributed by atoms with E-state index in [1.807, 2.05) is 6.92 Å². The van der Waals surface area contributed by atoms with Gasteiger partial charge in [0.05, 0.1) is 5.75 Å². The fourth-order valence-electron chi connectivity index (χ4n) is 1.03. The Morgan fingerprint density at radius 3 is 2.38 bits per heavy atom. The number of hydrogen-bond donors (Lipinski definition) is 1. The Morgan fingerprint density at radius 1 is 1.46 bits per heavy atom. The Bertz CT molecular complexity index is 226. The van der Waals surface area contributed by atoms with Gasteiger partial charge >= 0.3 is 0 Å². The first-order chi connectivity index (χ1) is 5.87. The summed E-state index contributed by atoms with van der Waals surface area (Å²) in [7, 11) is -1.34. The number of nitrogens with two attached hydrogens (primary N) is 1. The number of rotatable bonds is 6. The molecule has 5 heteroatoms. The summed E-state index contributed by atoms with van der Waals surface area (Å²) >= 11 is 0. The van der Waals surface area contributed by atoms with Gasteiger partial charge in [0.1, 0.15) is 9.84 Å². The average Bonchev–Trinajstić information content (AvgIpc) is 1.96. The van der Waals surface area contributed by atoms with Crippen molar-refractivity contribution in [1.82, 2.24) is 0 Å². The normalized spacial score (nSPS) is 16.9. The topological polar surface area (TPSA) is 69.4 Å². The van der Waals surface area contributed by atoms with E-state index in [0.29, 0.717) is 6.61 Å². The zero-order chi connectivity index (χ0) is 10.5. The first-order valence-electron chi connectivity index (χ1n) is 4.29. The van der Waals surface area contributed by atoms with Gasteiger partial charge in [-0.3, -0.25) is 0 Å². The Kier molecular flexibility index (Phi) is 5.51. The molecule has 0 saturated heterocycles. The van der Waals surface area contributed by atoms with Crippen molar-refractivity contribution in [1.29, 1.82) is 0 Å². The molecule has 13 heavy (non-hydrogen) atoms. The standard InChI is InChI=1S/C8H19NO3S/c1-7(4-5-12-2)8(9)6-13(3,10)11/h7-8H,4-6,9H2,1-3H3. The van der Waals surface area contributed by atoms with Crippen molar-refractivity contribution < 1.29 is 13.2 Å². The van der Waals surface area contributed by atoms with Crippen LogP contribution in [0.3, 0.4) is 0 Å². The van der Waals surface area contributed by atoms with Gasteiger partial charge in [0, 0.05) is 26.0 Å². The van der Waals surface area contributed by atoms with Crippen LogP contribution in [0.2, 0.25) is 0 Å². The highest BCUT2D eigenvalue weighted by molar-refractivity contribution is 7.90. The van der Waals surface area contributed by atoms with Gasteiger partial charge in [-0.25, -0.2) is 8.42 Å². The fourth-order valence-corrected chi connectivity index (χ4v) is 2.06. The minimum Gasteiger partial charge on any atom is -0.385 e. The Balaban J connectivity index is 3.89. The van der Waals surface area contributed by atoms with E-state index in [9.17, 15) is 8.42 Å². The lowest BCUT2D eigenvalue weighted by atomic mass is 10.0. The third-order valence-electron chi connectivity index (χ3n) is 2.00. The van der Waals surface area contributed by atoms with Crippen molar-refractivity contribution in [2.45, 2.75) is 19.4 Å². The van der Waals surface area contributed by atoms with Gasteiger partial charge in [0.25, 0.3) is 0 Å². The lowest BCUT2D eigenvalue weighted by Gasteiger charge is -2.18. The van der Waals surface area contributed by atoms with Gasteiger partial charge < -0.3 is 10.5 Å². The van der Waals surface area contributed by atoms with Crippen molar-refractivity contribution in [3.8, 4) is 0 Å². The highest BCUT2D eigenvalue weighted by Crippen LogP contribution is 2.07. The van der Waals surface area contributed by atoms with Crippen molar-refractivity contribution in [3.05, 3.63) is 0 Å². The van der Waals surface area contributed by atoms with Gasteiger partial charge in [0.2, 0.25) is 0 Å². The van der Waals surface area contributed by atoms with E-state index in [0.717, 1.165) is 6.42 Å². The molecule has 80 valence electrons. The zero-order valence-electron chi connectivity index (χ0n) is 8.49. The molecule has 4 nitrogen and oxygen atoms in total. The molecule has 0 aromatic carbocycles. The third-order valence-corrected chi connectivity index (χ3v) is 2.99. The van der Waals surface area contributed by atoms with Crippen LogP contribution >= 0.6 is 0 Å². The van der Waals surface area contributed by atoms with E-state index in [1.165, 1.54) is 6.26 Å². The predicted molar refractivity (Wildman–Crippen MR) is 53.3 cm³/mol. The van der Waals surface area contributed by atoms with E-state index < -0.39 is 9.84 Å². The Hall–Kier alpha value is -0.130. The zero-order valence-corrected chi connectivity index (χ0v) is 9.30. The summed E-state index contributed by atoms with van der Waals surface area (Å²) in [6.45, 7) is 2.56. The molecule has 0 radical (unpaired) electrons. The quantitative estimate of drug-likeness (QED) is 0.670. The second-order valence-electron chi connectivity index (χ2n) is 3.52. The molecule has 0 aliphatic rings. The van der Waals surface area contributed by atoms with Crippen LogP contribution in [0.4, 0.5) is 0 Å². The molecule has 0 heterocycles. The van der Waals surface area contributed by atoms with Gasteiger partial charge in [-0.05, 0) is 12.3 Å². The second kappa shape index (κ2) is 5.57. The van der Waals surface area contributed by atoms with E-state index in [2.05, 4.69) is 0 Å². The maximum Gasteiger partial charge on any atom is 0.148 e. The Labute approximate surface area is 80.4 Å². The summed E-state index contributed by atoms with van der Waals surface area (Å²) < 4.78 is 26.7. The van der Waals surface area contributed by atoms with E-state index in [4.69, 9.17) is 10.5 Å². The molecule has 0 bridgehead atoms. The summed E-state index contributed by atoms with van der Waals surface area (Å²) in [6.07, 6.45) is 2.00. The maximum atomic E-state index is 10.9. The smallest absolute Gasteiger partial charge is 0.148 e. The van der Waals surface area contributed by atoms with Crippen molar-refractivity contribution in [3.63, 3.8) is 0 Å². The molecule has 0 spiro atoms. The first-order valence-corrected chi connectivity index (χ1v) is 6.35. The summed E-state index contributed by atoms with van der Waals surface area (Å²) in [5.74, 6) is 0.229. The van der Waals surface area contributed by atoms with Crippen LogP contribution in [-0.2, 0) is 14.6 Å². The number of methoxy groups -OCH3 is 1. The number of sulfone groups is 1. The van der Waals surface area contributed by atoms with Crippen LogP contribution in [0.5, 0.6) is 0 Å². The van der Waals surface area contributed by atoms with Gasteiger partial charge in [0.15, 0.2) is 0 Å². The van der Waals surface area contributed by atoms with Crippen LogP contribution in [0.25, 0.3) is 0 Å². The van der Waals surface area contributed by atoms with Crippen LogP contribution in [0.1, 0.15) is 13.3 Å².